The number of aliphatic hydroxyl groups excluding tert-OH is 1. The van der Waals surface area contributed by atoms with Gasteiger partial charge in [0.25, 0.3) is 0 Å². The molecular weight excluding hydrogens is 200 g/mol. The number of aliphatic hydroxyl groups is 2. The highest BCUT2D eigenvalue weighted by Gasteiger charge is 2.10. The van der Waals surface area contributed by atoms with E-state index in [2.05, 4.69) is 10.2 Å². The maximum absolute atomic E-state index is 8.85. The molecule has 0 atom stereocenters. The average Bonchev–Trinajstić information content (AvgIpc) is 2.68. The average molecular weight is 208 g/mol. The maximum Gasteiger partial charge on any atom is 0.207 e. The summed E-state index contributed by atoms with van der Waals surface area (Å²) < 4.78 is 0. The number of hydrogen-bond acceptors (Lipinski definition) is 5. The minimum absolute atomic E-state index is 0.212. The molecule has 1 heterocycles. The Kier molecular flexibility index (Phi) is 2.53. The highest BCUT2D eigenvalue weighted by Crippen LogP contribution is 2.25. The van der Waals surface area contributed by atoms with E-state index in [0.29, 0.717) is 5.01 Å². The van der Waals surface area contributed by atoms with E-state index in [9.17, 15) is 0 Å². The van der Waals surface area contributed by atoms with Gasteiger partial charge in [-0.2, -0.15) is 0 Å². The molecule has 2 rings (SSSR count). The van der Waals surface area contributed by atoms with Crippen molar-refractivity contribution < 1.29 is 10.2 Å². The highest BCUT2D eigenvalue weighted by atomic mass is 32.1. The predicted octanol–water partition coefficient (Wildman–Crippen LogP) is 1.19. The van der Waals surface area contributed by atoms with Gasteiger partial charge in [-0.3, -0.25) is 0 Å². The van der Waals surface area contributed by atoms with Crippen molar-refractivity contribution in [1.29, 1.82) is 0 Å². The Morgan fingerprint density at radius 2 is 1.79 bits per heavy atom. The molecular formula is C9H8N2O2S. The molecule has 0 bridgehead atoms. The lowest BCUT2D eigenvalue weighted by Crippen LogP contribution is -1.92. The zero-order valence-corrected chi connectivity index (χ0v) is 7.98. The molecule has 0 saturated heterocycles. The largest absolute Gasteiger partial charge is 0.362 e. The summed E-state index contributed by atoms with van der Waals surface area (Å²) in [7, 11) is 0. The lowest BCUT2D eigenvalue weighted by Gasteiger charge is -1.93. The summed E-state index contributed by atoms with van der Waals surface area (Å²) in [5.41, 5.74) is 0.928. The van der Waals surface area contributed by atoms with Gasteiger partial charge in [0.2, 0.25) is 6.29 Å². The third kappa shape index (κ3) is 1.79. The van der Waals surface area contributed by atoms with Crippen molar-refractivity contribution in [3.05, 3.63) is 35.3 Å². The molecule has 0 aliphatic carbocycles. The fourth-order valence-electron chi connectivity index (χ4n) is 1.04. The number of aromatic nitrogens is 2. The van der Waals surface area contributed by atoms with Crippen molar-refractivity contribution in [2.24, 2.45) is 0 Å². The molecule has 0 saturated carbocycles. The Labute approximate surface area is 84.5 Å². The highest BCUT2D eigenvalue weighted by molar-refractivity contribution is 7.14. The molecule has 0 amide bonds. The summed E-state index contributed by atoms with van der Waals surface area (Å²) in [6, 6.07) is 9.49. The number of hydrogen-bond donors (Lipinski definition) is 2. The molecule has 14 heavy (non-hydrogen) atoms. The molecule has 2 aromatic rings. The molecule has 2 N–H and O–H groups in total. The molecule has 0 fully saturated rings. The summed E-state index contributed by atoms with van der Waals surface area (Å²) in [4.78, 5) is 0. The van der Waals surface area contributed by atoms with E-state index in [1.54, 1.807) is 0 Å². The Balaban J connectivity index is 2.34. The van der Waals surface area contributed by atoms with Crippen molar-refractivity contribution in [2.75, 3.05) is 0 Å². The first-order chi connectivity index (χ1) is 6.77. The molecule has 0 aliphatic rings. The van der Waals surface area contributed by atoms with Gasteiger partial charge in [-0.05, 0) is 0 Å². The molecule has 4 nitrogen and oxygen atoms in total. The summed E-state index contributed by atoms with van der Waals surface area (Å²) in [5, 5.41) is 26.1. The maximum atomic E-state index is 8.85. The minimum Gasteiger partial charge on any atom is -0.362 e. The van der Waals surface area contributed by atoms with Crippen LogP contribution in [0.1, 0.15) is 11.3 Å². The Bertz CT molecular complexity index is 414. The van der Waals surface area contributed by atoms with Crippen LogP contribution in [0, 0.1) is 0 Å². The molecule has 1 aromatic carbocycles. The van der Waals surface area contributed by atoms with Crippen LogP contribution >= 0.6 is 11.3 Å². The van der Waals surface area contributed by atoms with Gasteiger partial charge in [-0.25, -0.2) is 0 Å². The standard InChI is InChI=1S/C9H8N2O2S/c12-9(13)8-11-10-7(14-8)6-4-2-1-3-5-6/h1-5,9,12-13H. The first-order valence-corrected chi connectivity index (χ1v) is 4.84. The van der Waals surface area contributed by atoms with Gasteiger partial charge in [0.05, 0.1) is 0 Å². The van der Waals surface area contributed by atoms with Crippen LogP contribution in [0.2, 0.25) is 0 Å². The van der Waals surface area contributed by atoms with Crippen LogP contribution in [-0.4, -0.2) is 20.4 Å². The van der Waals surface area contributed by atoms with Gasteiger partial charge in [0, 0.05) is 5.56 Å². The smallest absolute Gasteiger partial charge is 0.207 e. The first-order valence-electron chi connectivity index (χ1n) is 4.02. The summed E-state index contributed by atoms with van der Waals surface area (Å²) >= 11 is 1.17. The topological polar surface area (TPSA) is 66.2 Å². The van der Waals surface area contributed by atoms with Crippen LogP contribution in [0.4, 0.5) is 0 Å². The zero-order chi connectivity index (χ0) is 9.97. The van der Waals surface area contributed by atoms with E-state index in [4.69, 9.17) is 10.2 Å². The second kappa shape index (κ2) is 3.83. The zero-order valence-electron chi connectivity index (χ0n) is 7.16. The fraction of sp³-hybridized carbons (Fsp3) is 0.111. The van der Waals surface area contributed by atoms with Crippen molar-refractivity contribution >= 4 is 11.3 Å². The van der Waals surface area contributed by atoms with Crippen LogP contribution in [0.25, 0.3) is 10.6 Å². The summed E-state index contributed by atoms with van der Waals surface area (Å²) in [5.74, 6) is 0. The number of benzene rings is 1. The first kappa shape index (κ1) is 9.26. The molecule has 0 aliphatic heterocycles. The van der Waals surface area contributed by atoms with Crippen LogP contribution in [0.3, 0.4) is 0 Å². The second-order valence-corrected chi connectivity index (χ2v) is 3.69. The van der Waals surface area contributed by atoms with Crippen molar-refractivity contribution in [3.8, 4) is 10.6 Å². The van der Waals surface area contributed by atoms with Gasteiger partial charge < -0.3 is 10.2 Å². The second-order valence-electron chi connectivity index (χ2n) is 2.69. The van der Waals surface area contributed by atoms with E-state index < -0.39 is 6.29 Å². The quantitative estimate of drug-likeness (QED) is 0.727. The lowest BCUT2D eigenvalue weighted by molar-refractivity contribution is -0.0430. The van der Waals surface area contributed by atoms with Gasteiger partial charge in [-0.1, -0.05) is 41.7 Å². The van der Waals surface area contributed by atoms with Crippen LogP contribution < -0.4 is 0 Å². The lowest BCUT2D eigenvalue weighted by atomic mass is 10.2. The Hall–Kier alpha value is -1.30. The van der Waals surface area contributed by atoms with E-state index in [0.717, 1.165) is 5.56 Å². The molecule has 5 heteroatoms. The van der Waals surface area contributed by atoms with Gasteiger partial charge in [0.15, 0.2) is 5.01 Å². The van der Waals surface area contributed by atoms with Crippen molar-refractivity contribution in [2.45, 2.75) is 6.29 Å². The van der Waals surface area contributed by atoms with Gasteiger partial charge in [0.1, 0.15) is 5.01 Å². The van der Waals surface area contributed by atoms with E-state index in [-0.39, 0.29) is 5.01 Å². The van der Waals surface area contributed by atoms with Crippen LogP contribution in [-0.2, 0) is 0 Å². The Morgan fingerprint density at radius 1 is 1.07 bits per heavy atom. The third-order valence-corrected chi connectivity index (χ3v) is 2.69. The van der Waals surface area contributed by atoms with Crippen LogP contribution in [0.15, 0.2) is 30.3 Å². The summed E-state index contributed by atoms with van der Waals surface area (Å²) in [6.07, 6.45) is -1.54. The molecule has 0 spiro atoms. The molecule has 0 radical (unpaired) electrons. The Morgan fingerprint density at radius 3 is 2.36 bits per heavy atom. The number of nitrogens with zero attached hydrogens (tertiary/aromatic N) is 2. The van der Waals surface area contributed by atoms with Crippen molar-refractivity contribution in [3.63, 3.8) is 0 Å². The van der Waals surface area contributed by atoms with E-state index in [1.807, 2.05) is 30.3 Å². The van der Waals surface area contributed by atoms with E-state index in [1.165, 1.54) is 11.3 Å². The van der Waals surface area contributed by atoms with E-state index >= 15 is 0 Å². The third-order valence-electron chi connectivity index (χ3n) is 1.68. The van der Waals surface area contributed by atoms with Crippen molar-refractivity contribution in [1.82, 2.24) is 10.2 Å². The predicted molar refractivity (Wildman–Crippen MR) is 52.5 cm³/mol. The minimum atomic E-state index is -1.54. The number of rotatable bonds is 2. The molecule has 1 aromatic heterocycles. The fourth-order valence-corrected chi connectivity index (χ4v) is 1.76. The molecule has 72 valence electrons. The SMILES string of the molecule is OC(O)c1nnc(-c2ccccc2)s1. The normalized spacial score (nSPS) is 10.8. The van der Waals surface area contributed by atoms with Crippen LogP contribution in [0.5, 0.6) is 0 Å². The van der Waals surface area contributed by atoms with Gasteiger partial charge in [-0.15, -0.1) is 10.2 Å². The summed E-state index contributed by atoms with van der Waals surface area (Å²) in [6.45, 7) is 0. The van der Waals surface area contributed by atoms with Gasteiger partial charge >= 0.3 is 0 Å². The monoisotopic (exact) mass is 208 g/mol. The molecule has 0 unspecified atom stereocenters.